The van der Waals surface area contributed by atoms with E-state index in [-0.39, 0.29) is 12.5 Å². The number of nitrogens with zero attached hydrogens (tertiary/aromatic N) is 2. The molecule has 2 heterocycles. The minimum atomic E-state index is -0.404. The number of aromatic nitrogens is 2. The second-order valence-electron chi connectivity index (χ2n) is 5.04. The standard InChI is InChI=1S/C16H15FN2O2S/c1-2-3-11-8-22-16(18-11)15(21)13-7-19(9-20)14-6-10(17)4-5-12(13)14/h4-8,20H,2-3,9H2,1H3. The number of fused-ring (bicyclic) bond motifs is 1. The Morgan fingerprint density at radius 3 is 3.00 bits per heavy atom. The molecule has 3 rings (SSSR count). The summed E-state index contributed by atoms with van der Waals surface area (Å²) >= 11 is 1.31. The van der Waals surface area contributed by atoms with Crippen molar-refractivity contribution in [2.24, 2.45) is 0 Å². The maximum absolute atomic E-state index is 13.4. The van der Waals surface area contributed by atoms with Crippen LogP contribution in [0, 0.1) is 5.82 Å². The summed E-state index contributed by atoms with van der Waals surface area (Å²) < 4.78 is 14.8. The minimum absolute atomic E-state index is 0.198. The van der Waals surface area contributed by atoms with Crippen molar-refractivity contribution in [2.45, 2.75) is 26.5 Å². The zero-order valence-corrected chi connectivity index (χ0v) is 12.9. The molecule has 6 heteroatoms. The van der Waals surface area contributed by atoms with Gasteiger partial charge in [0.05, 0.1) is 16.8 Å². The van der Waals surface area contributed by atoms with Crippen molar-refractivity contribution in [3.63, 3.8) is 0 Å². The molecule has 0 bridgehead atoms. The molecule has 114 valence electrons. The van der Waals surface area contributed by atoms with Gasteiger partial charge in [0.25, 0.3) is 0 Å². The Morgan fingerprint density at radius 2 is 2.27 bits per heavy atom. The van der Waals surface area contributed by atoms with E-state index in [9.17, 15) is 14.3 Å². The fourth-order valence-electron chi connectivity index (χ4n) is 2.46. The lowest BCUT2D eigenvalue weighted by atomic mass is 10.1. The Bertz CT molecular complexity index is 838. The van der Waals surface area contributed by atoms with Gasteiger partial charge in [-0.15, -0.1) is 11.3 Å². The normalized spacial score (nSPS) is 11.2. The Balaban J connectivity index is 2.06. The van der Waals surface area contributed by atoms with Crippen LogP contribution in [0.4, 0.5) is 4.39 Å². The second kappa shape index (κ2) is 5.98. The maximum atomic E-state index is 13.4. The number of hydrogen-bond donors (Lipinski definition) is 1. The lowest BCUT2D eigenvalue weighted by Crippen LogP contribution is -2.01. The van der Waals surface area contributed by atoms with Gasteiger partial charge >= 0.3 is 0 Å². The van der Waals surface area contributed by atoms with Crippen molar-refractivity contribution in [3.8, 4) is 0 Å². The van der Waals surface area contributed by atoms with E-state index in [1.54, 1.807) is 12.3 Å². The summed E-state index contributed by atoms with van der Waals surface area (Å²) in [5.41, 5.74) is 1.84. The monoisotopic (exact) mass is 318 g/mol. The summed E-state index contributed by atoms with van der Waals surface area (Å²) in [6.07, 6.45) is 3.36. The third-order valence-corrected chi connectivity index (χ3v) is 4.38. The molecule has 1 aromatic carbocycles. The van der Waals surface area contributed by atoms with Gasteiger partial charge in [0.1, 0.15) is 12.5 Å². The highest BCUT2D eigenvalue weighted by Gasteiger charge is 2.19. The molecule has 1 N–H and O–H groups in total. The minimum Gasteiger partial charge on any atom is -0.376 e. The molecule has 0 unspecified atom stereocenters. The predicted molar refractivity (Wildman–Crippen MR) is 83.7 cm³/mol. The first-order chi connectivity index (χ1) is 10.6. The summed E-state index contributed by atoms with van der Waals surface area (Å²) in [4.78, 5) is 17.0. The topological polar surface area (TPSA) is 55.1 Å². The van der Waals surface area contributed by atoms with Crippen molar-refractivity contribution in [2.75, 3.05) is 0 Å². The molecule has 0 atom stereocenters. The van der Waals surface area contributed by atoms with Crippen LogP contribution < -0.4 is 0 Å². The van der Waals surface area contributed by atoms with Crippen LogP contribution in [0.2, 0.25) is 0 Å². The molecule has 0 saturated heterocycles. The highest BCUT2D eigenvalue weighted by molar-refractivity contribution is 7.12. The van der Waals surface area contributed by atoms with Crippen LogP contribution in [-0.2, 0) is 13.2 Å². The molecule has 0 aliphatic carbocycles. The number of aryl methyl sites for hydroxylation is 1. The van der Waals surface area contributed by atoms with Crippen molar-refractivity contribution in [3.05, 3.63) is 51.9 Å². The molecular weight excluding hydrogens is 303 g/mol. The van der Waals surface area contributed by atoms with Crippen LogP contribution in [0.15, 0.2) is 29.8 Å². The Hall–Kier alpha value is -2.05. The first-order valence-electron chi connectivity index (χ1n) is 7.02. The fraction of sp³-hybridized carbons (Fsp3) is 0.250. The average molecular weight is 318 g/mol. The summed E-state index contributed by atoms with van der Waals surface area (Å²) in [6, 6.07) is 4.18. The van der Waals surface area contributed by atoms with Crippen LogP contribution in [0.1, 0.15) is 34.4 Å². The molecule has 0 radical (unpaired) electrons. The van der Waals surface area contributed by atoms with E-state index in [2.05, 4.69) is 11.9 Å². The zero-order chi connectivity index (χ0) is 15.7. The molecular formula is C16H15FN2O2S. The molecule has 22 heavy (non-hydrogen) atoms. The van der Waals surface area contributed by atoms with Crippen LogP contribution >= 0.6 is 11.3 Å². The second-order valence-corrected chi connectivity index (χ2v) is 5.90. The number of carbonyl (C=O) groups is 1. The van der Waals surface area contributed by atoms with E-state index in [0.717, 1.165) is 18.5 Å². The first kappa shape index (κ1) is 14.9. The number of halogens is 1. The van der Waals surface area contributed by atoms with Crippen LogP contribution in [0.5, 0.6) is 0 Å². The summed E-state index contributed by atoms with van der Waals surface area (Å²) in [5.74, 6) is -0.602. The van der Waals surface area contributed by atoms with Gasteiger partial charge in [-0.1, -0.05) is 13.3 Å². The number of benzene rings is 1. The van der Waals surface area contributed by atoms with E-state index in [0.29, 0.717) is 21.5 Å². The van der Waals surface area contributed by atoms with Crippen LogP contribution in [0.25, 0.3) is 10.9 Å². The van der Waals surface area contributed by atoms with Gasteiger partial charge in [-0.2, -0.15) is 0 Å². The Morgan fingerprint density at radius 1 is 1.45 bits per heavy atom. The SMILES string of the molecule is CCCc1csc(C(=O)c2cn(CO)c3cc(F)ccc23)n1. The number of thiazole rings is 1. The lowest BCUT2D eigenvalue weighted by Gasteiger charge is -1.98. The summed E-state index contributed by atoms with van der Waals surface area (Å²) in [7, 11) is 0. The van der Waals surface area contributed by atoms with Crippen LogP contribution in [0.3, 0.4) is 0 Å². The average Bonchev–Trinajstić information content (AvgIpc) is 3.11. The van der Waals surface area contributed by atoms with E-state index < -0.39 is 5.82 Å². The molecule has 0 amide bonds. The predicted octanol–water partition coefficient (Wildman–Crippen LogP) is 3.37. The molecule has 0 spiro atoms. The molecule has 2 aromatic heterocycles. The molecule has 0 aliphatic rings. The number of hydrogen-bond acceptors (Lipinski definition) is 4. The lowest BCUT2D eigenvalue weighted by molar-refractivity contribution is 0.103. The van der Waals surface area contributed by atoms with Gasteiger partial charge in [-0.3, -0.25) is 4.79 Å². The number of ketones is 1. The smallest absolute Gasteiger partial charge is 0.223 e. The largest absolute Gasteiger partial charge is 0.376 e. The van der Waals surface area contributed by atoms with E-state index in [4.69, 9.17) is 0 Å². The van der Waals surface area contributed by atoms with Crippen molar-refractivity contribution in [1.82, 2.24) is 9.55 Å². The van der Waals surface area contributed by atoms with Gasteiger partial charge in [0.2, 0.25) is 5.78 Å². The maximum Gasteiger partial charge on any atom is 0.223 e. The fourth-order valence-corrected chi connectivity index (χ4v) is 3.27. The van der Waals surface area contributed by atoms with Gasteiger partial charge in [0, 0.05) is 17.0 Å². The first-order valence-corrected chi connectivity index (χ1v) is 7.90. The zero-order valence-electron chi connectivity index (χ0n) is 12.0. The van der Waals surface area contributed by atoms with Crippen molar-refractivity contribution < 1.29 is 14.3 Å². The summed E-state index contributed by atoms with van der Waals surface area (Å²) in [5, 5.41) is 12.3. The van der Waals surface area contributed by atoms with Gasteiger partial charge in [0.15, 0.2) is 5.01 Å². The summed E-state index contributed by atoms with van der Waals surface area (Å²) in [6.45, 7) is 1.75. The molecule has 4 nitrogen and oxygen atoms in total. The number of rotatable bonds is 5. The number of aliphatic hydroxyl groups excluding tert-OH is 1. The molecule has 0 saturated carbocycles. The highest BCUT2D eigenvalue weighted by Crippen LogP contribution is 2.26. The van der Waals surface area contributed by atoms with Gasteiger partial charge in [-0.25, -0.2) is 9.37 Å². The Labute approximate surface area is 130 Å². The van der Waals surface area contributed by atoms with Crippen LogP contribution in [-0.4, -0.2) is 20.4 Å². The number of carbonyl (C=O) groups excluding carboxylic acids is 1. The molecule has 0 fully saturated rings. The quantitative estimate of drug-likeness (QED) is 0.734. The number of aliphatic hydroxyl groups is 1. The van der Waals surface area contributed by atoms with Crippen molar-refractivity contribution >= 4 is 28.0 Å². The van der Waals surface area contributed by atoms with E-state index in [1.807, 2.05) is 5.38 Å². The van der Waals surface area contributed by atoms with E-state index >= 15 is 0 Å². The molecule has 0 aliphatic heterocycles. The third-order valence-electron chi connectivity index (χ3n) is 3.49. The van der Waals surface area contributed by atoms with Gasteiger partial charge in [-0.05, 0) is 24.6 Å². The van der Waals surface area contributed by atoms with Crippen molar-refractivity contribution in [1.29, 1.82) is 0 Å². The third kappa shape index (κ3) is 2.55. The molecule has 3 aromatic rings. The highest BCUT2D eigenvalue weighted by atomic mass is 32.1. The van der Waals surface area contributed by atoms with Gasteiger partial charge < -0.3 is 9.67 Å². The Kier molecular flexibility index (Phi) is 4.04. The van der Waals surface area contributed by atoms with E-state index in [1.165, 1.54) is 28.0 Å².